The number of rotatable bonds is 6. The van der Waals surface area contributed by atoms with Gasteiger partial charge in [0.15, 0.2) is 0 Å². The lowest BCUT2D eigenvalue weighted by Gasteiger charge is -2.32. The number of carbonyl (C=O) groups is 3. The first-order valence-corrected chi connectivity index (χ1v) is 10.5. The molecule has 1 fully saturated rings. The van der Waals surface area contributed by atoms with Crippen molar-refractivity contribution in [1.82, 2.24) is 15.2 Å². The fourth-order valence-electron chi connectivity index (χ4n) is 3.94. The number of hydrogen-bond donors (Lipinski definition) is 2. The highest BCUT2D eigenvalue weighted by molar-refractivity contribution is 6.00. The van der Waals surface area contributed by atoms with Crippen LogP contribution in [0.1, 0.15) is 57.4 Å². The lowest BCUT2D eigenvalue weighted by molar-refractivity contribution is -0.126. The Morgan fingerprint density at radius 1 is 1.23 bits per heavy atom. The van der Waals surface area contributed by atoms with Gasteiger partial charge in [0.05, 0.1) is 18.1 Å². The summed E-state index contributed by atoms with van der Waals surface area (Å²) < 4.78 is 18.1. The summed E-state index contributed by atoms with van der Waals surface area (Å²) in [4.78, 5) is 42.6. The highest BCUT2D eigenvalue weighted by Gasteiger charge is 2.31. The molecule has 8 heteroatoms. The molecule has 166 valence electrons. The summed E-state index contributed by atoms with van der Waals surface area (Å²) in [6.45, 7) is 6.61. The first-order valence-electron chi connectivity index (χ1n) is 10.5. The van der Waals surface area contributed by atoms with E-state index >= 15 is 0 Å². The molecule has 1 atom stereocenters. The number of nitrogens with zero attached hydrogens (tertiary/aromatic N) is 1. The van der Waals surface area contributed by atoms with Crippen LogP contribution in [0.25, 0.3) is 0 Å². The minimum Gasteiger partial charge on any atom is -0.462 e. The van der Waals surface area contributed by atoms with Crippen molar-refractivity contribution in [2.24, 2.45) is 5.92 Å². The molecular formula is C23H28FN3O4. The van der Waals surface area contributed by atoms with E-state index in [1.165, 1.54) is 12.1 Å². The van der Waals surface area contributed by atoms with Crippen molar-refractivity contribution in [1.29, 1.82) is 0 Å². The summed E-state index contributed by atoms with van der Waals surface area (Å²) in [5.41, 5.74) is 2.69. The Labute approximate surface area is 181 Å². The van der Waals surface area contributed by atoms with Crippen molar-refractivity contribution in [2.45, 2.75) is 40.2 Å². The van der Waals surface area contributed by atoms with Gasteiger partial charge in [-0.05, 0) is 56.9 Å². The summed E-state index contributed by atoms with van der Waals surface area (Å²) in [6, 6.07) is 5.97. The Hall–Kier alpha value is -3.16. The van der Waals surface area contributed by atoms with Gasteiger partial charge in [-0.2, -0.15) is 0 Å². The summed E-state index contributed by atoms with van der Waals surface area (Å²) >= 11 is 0. The number of nitrogens with one attached hydrogen (secondary N) is 2. The van der Waals surface area contributed by atoms with Crippen molar-refractivity contribution in [2.75, 3.05) is 19.7 Å². The maximum Gasteiger partial charge on any atom is 0.340 e. The predicted molar refractivity (Wildman–Crippen MR) is 113 cm³/mol. The van der Waals surface area contributed by atoms with Gasteiger partial charge >= 0.3 is 5.97 Å². The topological polar surface area (TPSA) is 91.5 Å². The van der Waals surface area contributed by atoms with E-state index in [2.05, 4.69) is 10.3 Å². The molecule has 2 N–H and O–H groups in total. The monoisotopic (exact) mass is 429 g/mol. The molecule has 0 bridgehead atoms. The van der Waals surface area contributed by atoms with Crippen LogP contribution in [0.15, 0.2) is 24.3 Å². The highest BCUT2D eigenvalue weighted by Crippen LogP contribution is 2.24. The van der Waals surface area contributed by atoms with Crippen LogP contribution >= 0.6 is 0 Å². The van der Waals surface area contributed by atoms with E-state index in [1.54, 1.807) is 37.8 Å². The van der Waals surface area contributed by atoms with E-state index in [4.69, 9.17) is 4.74 Å². The van der Waals surface area contributed by atoms with Crippen LogP contribution in [0.3, 0.4) is 0 Å². The van der Waals surface area contributed by atoms with Gasteiger partial charge in [0, 0.05) is 25.3 Å². The number of benzene rings is 1. The molecule has 3 rings (SSSR count). The van der Waals surface area contributed by atoms with E-state index in [0.717, 1.165) is 5.56 Å². The first-order chi connectivity index (χ1) is 14.8. The summed E-state index contributed by atoms with van der Waals surface area (Å²) in [7, 11) is 0. The second-order valence-corrected chi connectivity index (χ2v) is 7.78. The molecule has 1 aliphatic rings. The predicted octanol–water partition coefficient (Wildman–Crippen LogP) is 3.12. The van der Waals surface area contributed by atoms with Gasteiger partial charge in [-0.15, -0.1) is 0 Å². The quantitative estimate of drug-likeness (QED) is 0.691. The van der Waals surface area contributed by atoms with Gasteiger partial charge in [-0.1, -0.05) is 12.1 Å². The van der Waals surface area contributed by atoms with Gasteiger partial charge in [0.1, 0.15) is 11.5 Å². The average Bonchev–Trinajstić information content (AvgIpc) is 3.06. The fraction of sp³-hybridized carbons (Fsp3) is 0.435. The summed E-state index contributed by atoms with van der Waals surface area (Å²) in [6.07, 6.45) is 1.40. The van der Waals surface area contributed by atoms with Crippen molar-refractivity contribution < 1.29 is 23.5 Å². The van der Waals surface area contributed by atoms with Crippen LogP contribution < -0.4 is 5.32 Å². The van der Waals surface area contributed by atoms with Crippen molar-refractivity contribution >= 4 is 17.8 Å². The Bertz CT molecular complexity index is 968. The van der Waals surface area contributed by atoms with Crippen LogP contribution in [0.4, 0.5) is 4.39 Å². The molecule has 1 aliphatic heterocycles. The minimum atomic E-state index is -0.454. The molecule has 7 nitrogen and oxygen atoms in total. The number of aromatic nitrogens is 1. The molecule has 1 saturated heterocycles. The molecule has 2 amide bonds. The first kappa shape index (κ1) is 22.5. The molecule has 31 heavy (non-hydrogen) atoms. The lowest BCUT2D eigenvalue weighted by Crippen LogP contribution is -2.45. The number of esters is 1. The Morgan fingerprint density at radius 2 is 1.94 bits per heavy atom. The van der Waals surface area contributed by atoms with Crippen LogP contribution in [-0.2, 0) is 16.1 Å². The molecule has 1 aromatic carbocycles. The zero-order valence-electron chi connectivity index (χ0n) is 18.1. The fourth-order valence-corrected chi connectivity index (χ4v) is 3.94. The standard InChI is InChI=1S/C23H28FN3O4/c1-4-31-23(30)19-14(2)20(26-15(19)3)22(29)27-11-5-6-17(13-27)21(28)25-12-16-7-9-18(24)10-8-16/h7-10,17,26H,4-6,11-13H2,1-3H3,(H,25,28). The molecule has 0 saturated carbocycles. The molecular weight excluding hydrogens is 401 g/mol. The Morgan fingerprint density at radius 3 is 2.61 bits per heavy atom. The largest absolute Gasteiger partial charge is 0.462 e. The summed E-state index contributed by atoms with van der Waals surface area (Å²) in [5.74, 6) is -1.46. The maximum absolute atomic E-state index is 13.1. The van der Waals surface area contributed by atoms with Gasteiger partial charge in [-0.25, -0.2) is 9.18 Å². The second-order valence-electron chi connectivity index (χ2n) is 7.78. The third kappa shape index (κ3) is 5.13. The molecule has 2 aromatic rings. The van der Waals surface area contributed by atoms with Crippen LogP contribution in [0.5, 0.6) is 0 Å². The van der Waals surface area contributed by atoms with Crippen molar-refractivity contribution in [3.63, 3.8) is 0 Å². The lowest BCUT2D eigenvalue weighted by atomic mass is 9.96. The van der Waals surface area contributed by atoms with E-state index in [0.29, 0.717) is 55.0 Å². The molecule has 1 unspecified atom stereocenters. The maximum atomic E-state index is 13.1. The Kier molecular flexibility index (Phi) is 7.09. The smallest absolute Gasteiger partial charge is 0.340 e. The summed E-state index contributed by atoms with van der Waals surface area (Å²) in [5, 5.41) is 2.87. The van der Waals surface area contributed by atoms with E-state index in [-0.39, 0.29) is 30.2 Å². The number of halogens is 1. The number of amides is 2. The van der Waals surface area contributed by atoms with Gasteiger partial charge in [0.25, 0.3) is 5.91 Å². The van der Waals surface area contributed by atoms with Crippen molar-refractivity contribution in [3.8, 4) is 0 Å². The van der Waals surface area contributed by atoms with E-state index in [1.807, 2.05) is 0 Å². The number of likely N-dealkylation sites (tertiary alicyclic amines) is 1. The average molecular weight is 429 g/mol. The van der Waals surface area contributed by atoms with Crippen LogP contribution in [0, 0.1) is 25.6 Å². The zero-order chi connectivity index (χ0) is 22.5. The molecule has 0 spiro atoms. The third-order valence-corrected chi connectivity index (χ3v) is 5.59. The number of H-pyrrole nitrogens is 1. The molecule has 1 aromatic heterocycles. The van der Waals surface area contributed by atoms with Crippen LogP contribution in [0.2, 0.25) is 0 Å². The normalized spacial score (nSPS) is 16.1. The number of aryl methyl sites for hydroxylation is 1. The van der Waals surface area contributed by atoms with E-state index in [9.17, 15) is 18.8 Å². The van der Waals surface area contributed by atoms with Crippen molar-refractivity contribution in [3.05, 3.63) is 58.2 Å². The number of piperidine rings is 1. The zero-order valence-corrected chi connectivity index (χ0v) is 18.1. The number of hydrogen-bond acceptors (Lipinski definition) is 4. The van der Waals surface area contributed by atoms with Gasteiger partial charge in [-0.3, -0.25) is 9.59 Å². The number of ether oxygens (including phenoxy) is 1. The minimum absolute atomic E-state index is 0.131. The van der Waals surface area contributed by atoms with E-state index < -0.39 is 5.97 Å². The van der Waals surface area contributed by atoms with Gasteiger partial charge in [0.2, 0.25) is 5.91 Å². The molecule has 2 heterocycles. The second kappa shape index (κ2) is 9.76. The highest BCUT2D eigenvalue weighted by atomic mass is 19.1. The third-order valence-electron chi connectivity index (χ3n) is 5.59. The van der Waals surface area contributed by atoms with Crippen LogP contribution in [-0.4, -0.2) is 47.4 Å². The number of carbonyl (C=O) groups excluding carboxylic acids is 3. The SMILES string of the molecule is CCOC(=O)c1c(C)[nH]c(C(=O)N2CCCC(C(=O)NCc3ccc(F)cc3)C2)c1C. The Balaban J connectivity index is 1.65. The molecule has 0 radical (unpaired) electrons. The molecule has 0 aliphatic carbocycles. The number of aromatic amines is 1. The van der Waals surface area contributed by atoms with Gasteiger partial charge < -0.3 is 19.9 Å².